The fourth-order valence-corrected chi connectivity index (χ4v) is 4.12. The lowest BCUT2D eigenvalue weighted by atomic mass is 10.1. The van der Waals surface area contributed by atoms with Gasteiger partial charge in [-0.15, -0.1) is 11.3 Å². The number of fused-ring (bicyclic) bond motifs is 1. The third-order valence-electron chi connectivity index (χ3n) is 4.84. The average molecular weight is 456 g/mol. The number of nitriles is 1. The minimum absolute atomic E-state index is 0.0605. The molecule has 9 nitrogen and oxygen atoms in total. The molecule has 3 rings (SSSR count). The topological polar surface area (TPSA) is 133 Å². The molecule has 0 spiro atoms. The SMILES string of the molecule is CCOC(=O)c1sc(N)c(C#N)c1COC(=O)c1cc(C(C)C)nc2c1cnn2C(C)C. The van der Waals surface area contributed by atoms with Crippen LogP contribution in [-0.4, -0.2) is 33.3 Å². The largest absolute Gasteiger partial charge is 0.462 e. The molecular weight excluding hydrogens is 430 g/mol. The van der Waals surface area contributed by atoms with Crippen LogP contribution in [0, 0.1) is 11.3 Å². The predicted octanol–water partition coefficient (Wildman–Crippen LogP) is 4.18. The number of ether oxygens (including phenoxy) is 2. The fraction of sp³-hybridized carbons (Fsp3) is 0.409. The highest BCUT2D eigenvalue weighted by Gasteiger charge is 2.25. The summed E-state index contributed by atoms with van der Waals surface area (Å²) in [5, 5.41) is 14.6. The molecule has 3 aromatic rings. The highest BCUT2D eigenvalue weighted by Crippen LogP contribution is 2.32. The van der Waals surface area contributed by atoms with E-state index >= 15 is 0 Å². The Morgan fingerprint density at radius 3 is 2.56 bits per heavy atom. The number of esters is 2. The lowest BCUT2D eigenvalue weighted by Gasteiger charge is -2.12. The van der Waals surface area contributed by atoms with Gasteiger partial charge in [0.2, 0.25) is 0 Å². The Morgan fingerprint density at radius 2 is 1.97 bits per heavy atom. The van der Waals surface area contributed by atoms with Gasteiger partial charge in [-0.3, -0.25) is 0 Å². The Kier molecular flexibility index (Phi) is 6.79. The average Bonchev–Trinajstić information content (AvgIpc) is 3.31. The summed E-state index contributed by atoms with van der Waals surface area (Å²) in [7, 11) is 0. The van der Waals surface area contributed by atoms with Crippen molar-refractivity contribution in [3.8, 4) is 6.07 Å². The quantitative estimate of drug-likeness (QED) is 0.524. The van der Waals surface area contributed by atoms with Crippen LogP contribution in [0.15, 0.2) is 12.3 Å². The maximum atomic E-state index is 13.1. The van der Waals surface area contributed by atoms with Gasteiger partial charge in [0.1, 0.15) is 22.6 Å². The van der Waals surface area contributed by atoms with E-state index in [1.54, 1.807) is 23.9 Å². The van der Waals surface area contributed by atoms with Crippen molar-refractivity contribution in [2.75, 3.05) is 12.3 Å². The van der Waals surface area contributed by atoms with Crippen molar-refractivity contribution in [1.29, 1.82) is 5.26 Å². The molecule has 168 valence electrons. The van der Waals surface area contributed by atoms with Crippen LogP contribution in [0.2, 0.25) is 0 Å². The summed E-state index contributed by atoms with van der Waals surface area (Å²) in [6, 6.07) is 3.73. The third-order valence-corrected chi connectivity index (χ3v) is 5.88. The highest BCUT2D eigenvalue weighted by atomic mass is 32.1. The van der Waals surface area contributed by atoms with E-state index in [-0.39, 0.29) is 46.2 Å². The lowest BCUT2D eigenvalue weighted by Crippen LogP contribution is -2.12. The number of nitrogen functional groups attached to an aromatic ring is 1. The van der Waals surface area contributed by atoms with Crippen molar-refractivity contribution in [2.24, 2.45) is 0 Å². The number of nitrogens with zero attached hydrogens (tertiary/aromatic N) is 4. The van der Waals surface area contributed by atoms with Crippen LogP contribution >= 0.6 is 11.3 Å². The number of carbonyl (C=O) groups is 2. The summed E-state index contributed by atoms with van der Waals surface area (Å²) >= 11 is 0.943. The van der Waals surface area contributed by atoms with E-state index < -0.39 is 11.9 Å². The van der Waals surface area contributed by atoms with Crippen molar-refractivity contribution in [2.45, 2.75) is 53.2 Å². The maximum absolute atomic E-state index is 13.1. The normalized spacial score (nSPS) is 11.2. The van der Waals surface area contributed by atoms with E-state index in [4.69, 9.17) is 15.2 Å². The first-order valence-corrected chi connectivity index (χ1v) is 11.0. The van der Waals surface area contributed by atoms with Crippen LogP contribution in [0.5, 0.6) is 0 Å². The first-order valence-electron chi connectivity index (χ1n) is 10.2. The zero-order valence-corrected chi connectivity index (χ0v) is 19.4. The Labute approximate surface area is 189 Å². The third kappa shape index (κ3) is 4.29. The lowest BCUT2D eigenvalue weighted by molar-refractivity contribution is 0.0454. The van der Waals surface area contributed by atoms with Crippen LogP contribution in [-0.2, 0) is 16.1 Å². The molecule has 32 heavy (non-hydrogen) atoms. The molecule has 0 amide bonds. The first-order chi connectivity index (χ1) is 15.2. The van der Waals surface area contributed by atoms with Gasteiger partial charge in [0.05, 0.1) is 29.3 Å². The Morgan fingerprint density at radius 1 is 1.25 bits per heavy atom. The molecule has 0 saturated carbocycles. The predicted molar refractivity (Wildman–Crippen MR) is 121 cm³/mol. The van der Waals surface area contributed by atoms with Gasteiger partial charge in [-0.2, -0.15) is 10.4 Å². The van der Waals surface area contributed by atoms with Gasteiger partial charge in [-0.25, -0.2) is 19.3 Å². The number of hydrogen-bond acceptors (Lipinski definition) is 9. The van der Waals surface area contributed by atoms with Crippen LogP contribution in [0.4, 0.5) is 5.00 Å². The Bertz CT molecular complexity index is 1220. The van der Waals surface area contributed by atoms with Gasteiger partial charge in [0.25, 0.3) is 0 Å². The molecule has 0 aliphatic heterocycles. The van der Waals surface area contributed by atoms with E-state index in [0.29, 0.717) is 16.6 Å². The van der Waals surface area contributed by atoms with Crippen molar-refractivity contribution >= 4 is 39.3 Å². The minimum atomic E-state index is -0.608. The molecule has 0 fully saturated rings. The number of hydrogen-bond donors (Lipinski definition) is 1. The van der Waals surface area contributed by atoms with Gasteiger partial charge in [-0.05, 0) is 32.8 Å². The second-order valence-electron chi connectivity index (χ2n) is 7.73. The standard InChI is InChI=1S/C22H25N5O4S/c1-6-30-22(29)18-16(14(8-23)19(24)32-18)10-31-21(28)13-7-17(11(2)3)26-20-15(13)9-25-27(20)12(4)5/h7,9,11-12H,6,10,24H2,1-5H3. The van der Waals surface area contributed by atoms with Gasteiger partial charge in [-0.1, -0.05) is 13.8 Å². The van der Waals surface area contributed by atoms with Gasteiger partial charge in [0, 0.05) is 17.3 Å². The summed E-state index contributed by atoms with van der Waals surface area (Å²) in [4.78, 5) is 30.2. The Hall–Kier alpha value is -3.45. The van der Waals surface area contributed by atoms with Crippen LogP contribution < -0.4 is 5.73 Å². The molecule has 0 atom stereocenters. The number of anilines is 1. The minimum Gasteiger partial charge on any atom is -0.462 e. The summed E-state index contributed by atoms with van der Waals surface area (Å²) in [6.07, 6.45) is 1.59. The summed E-state index contributed by atoms with van der Waals surface area (Å²) < 4.78 is 12.3. The van der Waals surface area contributed by atoms with E-state index in [1.165, 1.54) is 0 Å². The molecule has 0 saturated heterocycles. The second-order valence-corrected chi connectivity index (χ2v) is 8.78. The van der Waals surface area contributed by atoms with Crippen molar-refractivity contribution < 1.29 is 19.1 Å². The number of nitrogens with two attached hydrogens (primary N) is 1. The molecule has 0 aliphatic carbocycles. The zero-order valence-electron chi connectivity index (χ0n) is 18.6. The monoisotopic (exact) mass is 455 g/mol. The summed E-state index contributed by atoms with van der Waals surface area (Å²) in [5.41, 5.74) is 7.90. The van der Waals surface area contributed by atoms with Crippen LogP contribution in [0.25, 0.3) is 11.0 Å². The van der Waals surface area contributed by atoms with E-state index in [0.717, 1.165) is 17.0 Å². The van der Waals surface area contributed by atoms with Crippen LogP contribution in [0.3, 0.4) is 0 Å². The maximum Gasteiger partial charge on any atom is 0.348 e. The molecule has 0 unspecified atom stereocenters. The first kappa shape index (κ1) is 23.2. The molecule has 3 aromatic heterocycles. The number of thiophene rings is 1. The van der Waals surface area contributed by atoms with E-state index in [1.807, 2.05) is 33.8 Å². The number of pyridine rings is 1. The molecule has 0 aromatic carbocycles. The Balaban J connectivity index is 1.99. The number of aromatic nitrogens is 3. The van der Waals surface area contributed by atoms with Crippen molar-refractivity contribution in [3.63, 3.8) is 0 Å². The van der Waals surface area contributed by atoms with E-state index in [2.05, 4.69) is 10.1 Å². The number of carbonyl (C=O) groups excluding carboxylic acids is 2. The molecule has 2 N–H and O–H groups in total. The fourth-order valence-electron chi connectivity index (χ4n) is 3.20. The second kappa shape index (κ2) is 9.36. The number of rotatable bonds is 7. The zero-order chi connectivity index (χ0) is 23.6. The van der Waals surface area contributed by atoms with Crippen molar-refractivity contribution in [1.82, 2.24) is 14.8 Å². The molecule has 3 heterocycles. The van der Waals surface area contributed by atoms with Gasteiger partial charge >= 0.3 is 11.9 Å². The molecule has 0 radical (unpaired) electrons. The molecule has 10 heteroatoms. The molecular formula is C22H25N5O4S. The van der Waals surface area contributed by atoms with Gasteiger partial charge < -0.3 is 15.2 Å². The van der Waals surface area contributed by atoms with E-state index in [9.17, 15) is 14.9 Å². The summed E-state index contributed by atoms with van der Waals surface area (Å²) in [5.74, 6) is -1.13. The van der Waals surface area contributed by atoms with Gasteiger partial charge in [0.15, 0.2) is 5.65 Å². The summed E-state index contributed by atoms with van der Waals surface area (Å²) in [6.45, 7) is 9.49. The smallest absolute Gasteiger partial charge is 0.348 e. The molecule has 0 aliphatic rings. The van der Waals surface area contributed by atoms with Crippen LogP contribution in [0.1, 0.15) is 83.4 Å². The van der Waals surface area contributed by atoms with Crippen molar-refractivity contribution in [3.05, 3.63) is 39.5 Å². The molecule has 0 bridgehead atoms. The highest BCUT2D eigenvalue weighted by molar-refractivity contribution is 7.18.